The van der Waals surface area contributed by atoms with E-state index < -0.39 is 5.82 Å². The molecule has 0 spiro atoms. The second-order valence-corrected chi connectivity index (χ2v) is 4.76. The number of nitrogens with zero attached hydrogens (tertiary/aromatic N) is 2. The highest BCUT2D eigenvalue weighted by atomic mass is 19.1. The van der Waals surface area contributed by atoms with Crippen LogP contribution < -0.4 is 0 Å². The van der Waals surface area contributed by atoms with Gasteiger partial charge in [0.1, 0.15) is 17.3 Å². The molecule has 6 heteroatoms. The molecule has 23 heavy (non-hydrogen) atoms. The van der Waals surface area contributed by atoms with E-state index in [-0.39, 0.29) is 17.2 Å². The first kappa shape index (κ1) is 16.4. The third-order valence-electron chi connectivity index (χ3n) is 3.22. The van der Waals surface area contributed by atoms with Crippen LogP contribution in [0.4, 0.5) is 4.39 Å². The molecule has 0 aliphatic rings. The van der Waals surface area contributed by atoms with Crippen LogP contribution in [0.5, 0.6) is 0 Å². The van der Waals surface area contributed by atoms with E-state index in [1.807, 2.05) is 0 Å². The molecule has 5 nitrogen and oxygen atoms in total. The van der Waals surface area contributed by atoms with Crippen LogP contribution in [0.25, 0.3) is 11.5 Å². The Balaban J connectivity index is 2.32. The fourth-order valence-corrected chi connectivity index (χ4v) is 1.90. The van der Waals surface area contributed by atoms with E-state index in [0.29, 0.717) is 16.2 Å². The molecule has 0 radical (unpaired) electrons. The van der Waals surface area contributed by atoms with Crippen LogP contribution in [0.2, 0.25) is 0 Å². The summed E-state index contributed by atoms with van der Waals surface area (Å²) in [5.74, 6) is -0.682. The Bertz CT molecular complexity index is 740. The molecule has 0 heterocycles. The first-order chi connectivity index (χ1) is 11.0. The van der Waals surface area contributed by atoms with Crippen molar-refractivity contribution in [1.29, 1.82) is 0 Å². The van der Waals surface area contributed by atoms with E-state index >= 15 is 0 Å². The predicted octanol–water partition coefficient (Wildman–Crippen LogP) is 4.53. The standard InChI is InChI=1S/C17H15FN2O3/c1-12(17(21)14-7-9-15(18)10-8-14)20(23)11-16(19-22)13-5-3-2-4-6-13/h2-11,21,23H,1H3. The zero-order chi connectivity index (χ0) is 16.8. The van der Waals surface area contributed by atoms with Gasteiger partial charge in [-0.05, 0) is 36.4 Å². The fraction of sp³-hybridized carbons (Fsp3) is 0.0588. The minimum atomic E-state index is -0.434. The molecule has 0 saturated heterocycles. The first-order valence-electron chi connectivity index (χ1n) is 6.77. The zero-order valence-electron chi connectivity index (χ0n) is 12.3. The van der Waals surface area contributed by atoms with Crippen LogP contribution in [-0.4, -0.2) is 15.4 Å². The van der Waals surface area contributed by atoms with Crippen LogP contribution in [0.15, 0.2) is 71.7 Å². The summed E-state index contributed by atoms with van der Waals surface area (Å²) in [4.78, 5) is 11.0. The summed E-state index contributed by atoms with van der Waals surface area (Å²) < 4.78 is 12.9. The normalized spacial score (nSPS) is 12.6. The lowest BCUT2D eigenvalue weighted by molar-refractivity contribution is -0.00395. The molecule has 0 aliphatic heterocycles. The Morgan fingerprint density at radius 3 is 2.26 bits per heavy atom. The van der Waals surface area contributed by atoms with Gasteiger partial charge in [-0.2, -0.15) is 0 Å². The van der Waals surface area contributed by atoms with Crippen molar-refractivity contribution in [3.63, 3.8) is 0 Å². The summed E-state index contributed by atoms with van der Waals surface area (Å²) in [6.07, 6.45) is 1.09. The number of nitroso groups, excluding NO2 is 1. The van der Waals surface area contributed by atoms with E-state index in [1.165, 1.54) is 31.2 Å². The number of aliphatic hydroxyl groups excluding tert-OH is 1. The van der Waals surface area contributed by atoms with Gasteiger partial charge in [0, 0.05) is 11.1 Å². The quantitative estimate of drug-likeness (QED) is 0.483. The number of aliphatic hydroxyl groups is 1. The van der Waals surface area contributed by atoms with Gasteiger partial charge in [-0.25, -0.2) is 9.45 Å². The van der Waals surface area contributed by atoms with Gasteiger partial charge in [0.05, 0.1) is 11.9 Å². The SMILES string of the molecule is CC(=C(O)c1ccc(F)cc1)N(O)C=C(N=O)c1ccccc1. The predicted molar refractivity (Wildman–Crippen MR) is 85.5 cm³/mol. The molecule has 118 valence electrons. The highest BCUT2D eigenvalue weighted by molar-refractivity contribution is 5.65. The van der Waals surface area contributed by atoms with Crippen molar-refractivity contribution in [3.05, 3.63) is 88.3 Å². The Kier molecular flexibility index (Phi) is 5.22. The maximum atomic E-state index is 12.9. The molecule has 0 aromatic heterocycles. The van der Waals surface area contributed by atoms with Gasteiger partial charge < -0.3 is 5.11 Å². The largest absolute Gasteiger partial charge is 0.505 e. The minimum Gasteiger partial charge on any atom is -0.505 e. The van der Waals surface area contributed by atoms with Gasteiger partial charge in [0.25, 0.3) is 0 Å². The van der Waals surface area contributed by atoms with Crippen molar-refractivity contribution in [2.75, 3.05) is 0 Å². The molecular formula is C17H15FN2O3. The summed E-state index contributed by atoms with van der Waals surface area (Å²) in [5, 5.41) is 23.6. The van der Waals surface area contributed by atoms with Gasteiger partial charge >= 0.3 is 0 Å². The van der Waals surface area contributed by atoms with Gasteiger partial charge in [0.15, 0.2) is 0 Å². The van der Waals surface area contributed by atoms with Crippen LogP contribution in [0.1, 0.15) is 18.1 Å². The highest BCUT2D eigenvalue weighted by Crippen LogP contribution is 2.21. The van der Waals surface area contributed by atoms with Crippen LogP contribution in [0.3, 0.4) is 0 Å². The second-order valence-electron chi connectivity index (χ2n) is 4.76. The average Bonchev–Trinajstić information content (AvgIpc) is 2.59. The number of halogens is 1. The van der Waals surface area contributed by atoms with Crippen LogP contribution >= 0.6 is 0 Å². The highest BCUT2D eigenvalue weighted by Gasteiger charge is 2.11. The monoisotopic (exact) mass is 314 g/mol. The summed E-state index contributed by atoms with van der Waals surface area (Å²) in [5.41, 5.74) is 0.917. The van der Waals surface area contributed by atoms with Crippen molar-refractivity contribution in [3.8, 4) is 0 Å². The zero-order valence-corrected chi connectivity index (χ0v) is 12.3. The van der Waals surface area contributed by atoms with E-state index in [4.69, 9.17) is 0 Å². The molecule has 0 aliphatic carbocycles. The molecule has 2 rings (SSSR count). The number of hydrogen-bond acceptors (Lipinski definition) is 5. The Morgan fingerprint density at radius 2 is 1.70 bits per heavy atom. The topological polar surface area (TPSA) is 73.1 Å². The number of allylic oxidation sites excluding steroid dienone is 1. The average molecular weight is 314 g/mol. The summed E-state index contributed by atoms with van der Waals surface area (Å²) in [7, 11) is 0. The molecule has 0 atom stereocenters. The Labute approximate surface area is 132 Å². The lowest BCUT2D eigenvalue weighted by atomic mass is 10.1. The lowest BCUT2D eigenvalue weighted by Gasteiger charge is -2.15. The van der Waals surface area contributed by atoms with Crippen molar-refractivity contribution in [2.24, 2.45) is 5.18 Å². The molecule has 0 fully saturated rings. The van der Waals surface area contributed by atoms with Crippen LogP contribution in [0, 0.1) is 10.7 Å². The van der Waals surface area contributed by atoms with Crippen molar-refractivity contribution < 1.29 is 14.7 Å². The van der Waals surface area contributed by atoms with Crippen molar-refractivity contribution in [1.82, 2.24) is 5.06 Å². The minimum absolute atomic E-state index is 0.000596. The molecule has 2 aromatic rings. The molecule has 0 bridgehead atoms. The number of benzene rings is 2. The maximum absolute atomic E-state index is 12.9. The maximum Gasteiger partial charge on any atom is 0.144 e. The third kappa shape index (κ3) is 4.02. The molecule has 0 amide bonds. The first-order valence-corrected chi connectivity index (χ1v) is 6.77. The number of hydroxylamine groups is 2. The van der Waals surface area contributed by atoms with E-state index in [2.05, 4.69) is 5.18 Å². The summed E-state index contributed by atoms with van der Waals surface area (Å²) >= 11 is 0. The van der Waals surface area contributed by atoms with E-state index in [9.17, 15) is 19.6 Å². The van der Waals surface area contributed by atoms with E-state index in [0.717, 1.165) is 6.20 Å². The van der Waals surface area contributed by atoms with E-state index in [1.54, 1.807) is 30.3 Å². The third-order valence-corrected chi connectivity index (χ3v) is 3.22. The Morgan fingerprint density at radius 1 is 1.09 bits per heavy atom. The number of rotatable bonds is 5. The molecule has 2 aromatic carbocycles. The molecular weight excluding hydrogens is 299 g/mol. The van der Waals surface area contributed by atoms with Gasteiger partial charge in [-0.3, -0.25) is 5.21 Å². The lowest BCUT2D eigenvalue weighted by Crippen LogP contribution is -2.11. The van der Waals surface area contributed by atoms with Gasteiger partial charge in [-0.1, -0.05) is 30.3 Å². The number of hydrogen-bond donors (Lipinski definition) is 2. The van der Waals surface area contributed by atoms with Gasteiger partial charge in [-0.15, -0.1) is 4.91 Å². The van der Waals surface area contributed by atoms with Gasteiger partial charge in [0.2, 0.25) is 0 Å². The Hall–Kier alpha value is -2.99. The summed E-state index contributed by atoms with van der Waals surface area (Å²) in [6.45, 7) is 1.45. The van der Waals surface area contributed by atoms with Crippen molar-refractivity contribution >= 4 is 11.5 Å². The van der Waals surface area contributed by atoms with Crippen molar-refractivity contribution in [2.45, 2.75) is 6.92 Å². The second kappa shape index (κ2) is 7.33. The van der Waals surface area contributed by atoms with Crippen LogP contribution in [-0.2, 0) is 0 Å². The fourth-order valence-electron chi connectivity index (χ4n) is 1.90. The molecule has 0 unspecified atom stereocenters. The molecule has 2 N–H and O–H groups in total. The molecule has 0 saturated carbocycles. The summed E-state index contributed by atoms with van der Waals surface area (Å²) in [6, 6.07) is 13.7. The smallest absolute Gasteiger partial charge is 0.144 e.